The van der Waals surface area contributed by atoms with Crippen molar-refractivity contribution in [3.05, 3.63) is 45.5 Å². The van der Waals surface area contributed by atoms with Crippen LogP contribution in [0.4, 0.5) is 11.6 Å². The van der Waals surface area contributed by atoms with Crippen molar-refractivity contribution in [2.45, 2.75) is 49.1 Å². The Morgan fingerprint density at radius 3 is 1.15 bits per heavy atom. The fourth-order valence-electron chi connectivity index (χ4n) is 4.95. The first-order valence-electron chi connectivity index (χ1n) is 17.8. The van der Waals surface area contributed by atoms with Gasteiger partial charge in [-0.25, -0.2) is 18.2 Å². The summed E-state index contributed by atoms with van der Waals surface area (Å²) >= 11 is 0. The topological polar surface area (TPSA) is 532 Å². The minimum Gasteiger partial charge on any atom is -0.756 e. The molecule has 0 bridgehead atoms. The van der Waals surface area contributed by atoms with Crippen LogP contribution in [0.1, 0.15) is 12.5 Å². The van der Waals surface area contributed by atoms with E-state index in [4.69, 9.17) is 20.9 Å². The van der Waals surface area contributed by atoms with Crippen LogP contribution in [-0.4, -0.2) is 183 Å². The summed E-state index contributed by atoms with van der Waals surface area (Å²) < 4.78 is 85.9. The molecule has 33 nitrogen and oxygen atoms in total. The predicted molar refractivity (Wildman–Crippen MR) is 211 cm³/mol. The summed E-state index contributed by atoms with van der Waals surface area (Å²) in [5.41, 5.74) is 8.99. The van der Waals surface area contributed by atoms with Crippen LogP contribution < -0.4 is 102 Å². The van der Waals surface area contributed by atoms with Crippen LogP contribution in [0, 0.1) is 0 Å². The number of aliphatic hydroxyl groups excluding tert-OH is 4. The third kappa shape index (κ3) is 23.7. The first kappa shape index (κ1) is 70.7. The molecule has 2 aliphatic heterocycles. The molecule has 2 fully saturated rings. The number of anilines is 2. The van der Waals surface area contributed by atoms with Crippen LogP contribution in [-0.2, 0) is 54.5 Å². The summed E-state index contributed by atoms with van der Waals surface area (Å²) in [4.78, 5) is 77.7. The van der Waals surface area contributed by atoms with Crippen molar-refractivity contribution in [1.82, 2.24) is 19.1 Å². The van der Waals surface area contributed by atoms with E-state index in [1.54, 1.807) is 42.3 Å². The van der Waals surface area contributed by atoms with Gasteiger partial charge in [0.25, 0.3) is 31.3 Å². The first-order chi connectivity index (χ1) is 28.2. The summed E-state index contributed by atoms with van der Waals surface area (Å²) in [7, 11) is -10.7. The number of hydrogen-bond acceptors (Lipinski definition) is 26. The number of hydrogen-bond donors (Lipinski definition) is 6. The Balaban J connectivity index is -0.00000114. The van der Waals surface area contributed by atoms with E-state index in [2.05, 4.69) is 36.7 Å². The average Bonchev–Trinajstić information content (AvgIpc) is 3.53. The average molecular weight is 1070 g/mol. The van der Waals surface area contributed by atoms with E-state index in [9.17, 15) is 67.8 Å². The number of nitrogen functional groups attached to an aromatic ring is 2. The maximum Gasteiger partial charge on any atom is 1.00 e. The zero-order valence-electron chi connectivity index (χ0n) is 37.4. The quantitative estimate of drug-likeness (QED) is 0.0407. The molecule has 2 aromatic heterocycles. The van der Waals surface area contributed by atoms with Crippen molar-refractivity contribution < 1.29 is 179 Å². The summed E-state index contributed by atoms with van der Waals surface area (Å²) in [5, 5.41) is 40.4. The molecule has 4 unspecified atom stereocenters. The predicted octanol–water partition coefficient (Wildman–Crippen LogP) is -14.2. The summed E-state index contributed by atoms with van der Waals surface area (Å²) in [6, 6.07) is 2.50. The van der Waals surface area contributed by atoms with Crippen LogP contribution >= 0.6 is 31.3 Å². The van der Waals surface area contributed by atoms with Crippen LogP contribution in [0.3, 0.4) is 0 Å². The monoisotopic (exact) mass is 1070 g/mol. The number of ether oxygens (including phenoxy) is 2. The van der Waals surface area contributed by atoms with Crippen molar-refractivity contribution in [2.24, 2.45) is 0 Å². The second-order valence-electron chi connectivity index (χ2n) is 15.4. The SMILES string of the molecule is C[N+](C)(C)CCOP(=O)([O-])OP(=O)([O-])OC[C@H]1O[C@@H](n2ccc(N)nc2=O)[C@H](O)[C@@H]1O.C[N+](C)(C)CCOP(=O)([O-])OP(=O)([O-])OC[C@H]1O[C@@H](n2ccc(N)nc2=O)[C@H](O)[C@@H]1O.O.O.O.[Na+].[Na+]. The minimum atomic E-state index is -5.43. The molecule has 2 aliphatic rings. The Labute approximate surface area is 426 Å². The van der Waals surface area contributed by atoms with Crippen molar-refractivity contribution in [1.29, 1.82) is 0 Å². The van der Waals surface area contributed by atoms with Gasteiger partial charge in [-0.05, 0) is 12.1 Å². The normalized spacial score (nSPS) is 26.1. The van der Waals surface area contributed by atoms with E-state index in [-0.39, 0.29) is 113 Å². The van der Waals surface area contributed by atoms with Gasteiger partial charge in [-0.3, -0.25) is 27.4 Å². The standard InChI is InChI=1S/2C14H26N4O11P2.2Na.3H2O/c2*1-18(2,3)6-7-26-30(22,23)29-31(24,25)27-8-9-11(19)12(20)13(28-9)17-5-4-10(15)16-14(17)21;;;;;/h2*4-5,9,11-13,19-20H,6-8H2,1-3H3,(H3-,15,16,21,22,23,24,25);;;3*1H2/q;;2*+1;;;/p-2/t2*9-,11-,12-,13-;;;;;/m11...../s1. The molecular weight excluding hydrogens is 1020 g/mol. The third-order valence-electron chi connectivity index (χ3n) is 8.14. The molecule has 14 N–H and O–H groups in total. The second kappa shape index (κ2) is 28.6. The molecule has 2 aromatic rings. The maximum absolute atomic E-state index is 11.9. The molecule has 0 aromatic carbocycles. The van der Waals surface area contributed by atoms with Gasteiger partial charge in [0.05, 0.1) is 55.5 Å². The zero-order valence-corrected chi connectivity index (χ0v) is 45.0. The zero-order chi connectivity index (χ0) is 47.2. The molecular formula is C28H56N8Na2O25P4. The maximum atomic E-state index is 11.9. The number of quaternary nitrogens is 2. The molecule has 0 radical (unpaired) electrons. The molecule has 4 heterocycles. The van der Waals surface area contributed by atoms with Gasteiger partial charge in [0.1, 0.15) is 74.6 Å². The summed E-state index contributed by atoms with van der Waals surface area (Å²) in [5.74, 6) is -0.159. The van der Waals surface area contributed by atoms with Crippen molar-refractivity contribution in [3.8, 4) is 0 Å². The van der Waals surface area contributed by atoms with E-state index in [1.807, 2.05) is 0 Å². The molecule has 2 saturated heterocycles. The van der Waals surface area contributed by atoms with E-state index in [1.165, 1.54) is 12.1 Å². The Bertz CT molecular complexity index is 2010. The second-order valence-corrected chi connectivity index (χ2v) is 21.3. The molecule has 0 saturated carbocycles. The number of rotatable bonds is 20. The Morgan fingerprint density at radius 1 is 0.597 bits per heavy atom. The Hall–Kier alpha value is -0.560. The molecule has 0 amide bonds. The van der Waals surface area contributed by atoms with E-state index in [0.29, 0.717) is 8.97 Å². The summed E-state index contributed by atoms with van der Waals surface area (Å²) in [6.07, 6.45) is -10.0. The number of aliphatic hydroxyl groups is 4. The van der Waals surface area contributed by atoms with Gasteiger partial charge in [0.2, 0.25) is 0 Å². The number of likely N-dealkylation sites (N-methyl/N-ethyl adjacent to an activating group) is 2. The number of phosphoric acid groups is 4. The Morgan fingerprint density at radius 2 is 0.881 bits per heavy atom. The molecule has 0 spiro atoms. The largest absolute Gasteiger partial charge is 1.00 e. The van der Waals surface area contributed by atoms with Gasteiger partial charge in [-0.15, -0.1) is 0 Å². The van der Waals surface area contributed by atoms with Crippen molar-refractivity contribution in [2.75, 3.05) is 93.3 Å². The number of phosphoric ester groups is 4. The molecule has 67 heavy (non-hydrogen) atoms. The van der Waals surface area contributed by atoms with Crippen LogP contribution in [0.2, 0.25) is 0 Å². The van der Waals surface area contributed by atoms with Crippen molar-refractivity contribution in [3.63, 3.8) is 0 Å². The van der Waals surface area contributed by atoms with Gasteiger partial charge >= 0.3 is 70.5 Å². The van der Waals surface area contributed by atoms with Gasteiger partial charge in [0, 0.05) is 12.4 Å². The Kier molecular flexibility index (Phi) is 30.2. The molecule has 12 atom stereocenters. The summed E-state index contributed by atoms with van der Waals surface area (Å²) in [6.45, 7) is -1.97. The smallest absolute Gasteiger partial charge is 0.756 e. The van der Waals surface area contributed by atoms with Gasteiger partial charge in [0.15, 0.2) is 12.5 Å². The van der Waals surface area contributed by atoms with Crippen LogP contribution in [0.5, 0.6) is 0 Å². The fourth-order valence-corrected chi connectivity index (χ4v) is 8.94. The molecule has 380 valence electrons. The van der Waals surface area contributed by atoms with E-state index < -0.39 is 105 Å². The van der Waals surface area contributed by atoms with Crippen LogP contribution in [0.15, 0.2) is 34.1 Å². The van der Waals surface area contributed by atoms with Crippen LogP contribution in [0.25, 0.3) is 0 Å². The van der Waals surface area contributed by atoms with Crippen molar-refractivity contribution >= 4 is 42.9 Å². The number of nitrogens with two attached hydrogens (primary N) is 2. The molecule has 39 heteroatoms. The first-order valence-corrected chi connectivity index (χ1v) is 23.6. The van der Waals surface area contributed by atoms with E-state index in [0.717, 1.165) is 21.5 Å². The van der Waals surface area contributed by atoms with Gasteiger partial charge in [-0.2, -0.15) is 9.97 Å². The molecule has 0 aliphatic carbocycles. The van der Waals surface area contributed by atoms with Gasteiger partial charge in [-0.1, -0.05) is 0 Å². The fraction of sp³-hybridized carbons (Fsp3) is 0.714. The van der Waals surface area contributed by atoms with E-state index >= 15 is 0 Å². The number of aromatic nitrogens is 4. The minimum absolute atomic E-state index is 0. The molecule has 4 rings (SSSR count). The van der Waals surface area contributed by atoms with Gasteiger partial charge < -0.3 is 104 Å². The third-order valence-corrected chi connectivity index (χ3v) is 13.3. The number of nitrogens with zero attached hydrogens (tertiary/aromatic N) is 6.